The monoisotopic (exact) mass is 356 g/mol. The van der Waals surface area contributed by atoms with E-state index >= 15 is 0 Å². The Morgan fingerprint density at radius 3 is 2.04 bits per heavy atom. The molecule has 0 aromatic heterocycles. The molecule has 1 aliphatic heterocycles. The Bertz CT molecular complexity index is 525. The number of hydrogen-bond acceptors (Lipinski definition) is 7. The van der Waals surface area contributed by atoms with Crippen molar-refractivity contribution in [2.75, 3.05) is 53.6 Å². The predicted octanol–water partition coefficient (Wildman–Crippen LogP) is 0.143. The average Bonchev–Trinajstić information content (AvgIpc) is 2.63. The number of nitrogens with zero attached hydrogens (tertiary/aromatic N) is 1. The highest BCUT2D eigenvalue weighted by atomic mass is 16.5. The highest BCUT2D eigenvalue weighted by molar-refractivity contribution is 6.27. The molecule has 0 unspecified atom stereocenters. The third-order valence-electron chi connectivity index (χ3n) is 3.43. The van der Waals surface area contributed by atoms with E-state index in [1.807, 2.05) is 18.2 Å². The molecule has 0 saturated carbocycles. The van der Waals surface area contributed by atoms with Gasteiger partial charge in [-0.25, -0.2) is 9.59 Å². The number of carboxylic acids is 2. The minimum atomic E-state index is -1.82. The van der Waals surface area contributed by atoms with Crippen molar-refractivity contribution in [2.45, 2.75) is 0 Å². The summed E-state index contributed by atoms with van der Waals surface area (Å²) in [7, 11) is 3.27. The van der Waals surface area contributed by atoms with E-state index in [0.717, 1.165) is 32.7 Å². The summed E-state index contributed by atoms with van der Waals surface area (Å²) >= 11 is 0. The summed E-state index contributed by atoms with van der Waals surface area (Å²) in [4.78, 5) is 20.6. The molecule has 140 valence electrons. The van der Waals surface area contributed by atoms with Crippen molar-refractivity contribution in [1.82, 2.24) is 10.2 Å². The van der Waals surface area contributed by atoms with Gasteiger partial charge in [-0.05, 0) is 12.1 Å². The van der Waals surface area contributed by atoms with Crippen LogP contribution >= 0.6 is 0 Å². The molecule has 1 saturated heterocycles. The molecule has 1 aromatic carbocycles. The number of nitrogens with one attached hydrogen (secondary N) is 1. The van der Waals surface area contributed by atoms with Crippen LogP contribution in [-0.2, 0) is 9.59 Å². The second-order valence-electron chi connectivity index (χ2n) is 5.04. The Morgan fingerprint density at radius 1 is 1.08 bits per heavy atom. The molecule has 0 radical (unpaired) electrons. The molecule has 0 bridgehead atoms. The van der Waals surface area contributed by atoms with Gasteiger partial charge >= 0.3 is 11.9 Å². The largest absolute Gasteiger partial charge is 0.493 e. The highest BCUT2D eigenvalue weighted by Crippen LogP contribution is 2.36. The molecule has 0 amide bonds. The van der Waals surface area contributed by atoms with Gasteiger partial charge in [-0.1, -0.05) is 6.07 Å². The molecular weight excluding hydrogens is 332 g/mol. The van der Waals surface area contributed by atoms with Crippen molar-refractivity contribution in [3.8, 4) is 17.2 Å². The molecular formula is C16H24N2O7. The van der Waals surface area contributed by atoms with Gasteiger partial charge in [0.15, 0.2) is 11.5 Å². The molecule has 9 heteroatoms. The van der Waals surface area contributed by atoms with E-state index in [2.05, 4.69) is 10.2 Å². The number of piperazine rings is 1. The SMILES string of the molecule is COc1cccc(OC)c1OCCN1CCNCC1.O=C(O)C(=O)O. The summed E-state index contributed by atoms with van der Waals surface area (Å²) in [6, 6.07) is 5.65. The molecule has 25 heavy (non-hydrogen) atoms. The first-order valence-electron chi connectivity index (χ1n) is 7.72. The van der Waals surface area contributed by atoms with Crippen LogP contribution in [0, 0.1) is 0 Å². The van der Waals surface area contributed by atoms with Crippen LogP contribution in [0.1, 0.15) is 0 Å². The lowest BCUT2D eigenvalue weighted by molar-refractivity contribution is -0.159. The van der Waals surface area contributed by atoms with Gasteiger partial charge < -0.3 is 29.7 Å². The van der Waals surface area contributed by atoms with Crippen molar-refractivity contribution in [3.05, 3.63) is 18.2 Å². The smallest absolute Gasteiger partial charge is 0.414 e. The molecule has 1 aliphatic rings. The third-order valence-corrected chi connectivity index (χ3v) is 3.43. The number of para-hydroxylation sites is 1. The zero-order valence-electron chi connectivity index (χ0n) is 14.4. The fourth-order valence-corrected chi connectivity index (χ4v) is 2.17. The summed E-state index contributed by atoms with van der Waals surface area (Å²) in [6.07, 6.45) is 0. The van der Waals surface area contributed by atoms with E-state index in [1.54, 1.807) is 14.2 Å². The van der Waals surface area contributed by atoms with Crippen LogP contribution < -0.4 is 19.5 Å². The maximum absolute atomic E-state index is 9.10. The lowest BCUT2D eigenvalue weighted by Crippen LogP contribution is -2.44. The Balaban J connectivity index is 0.000000450. The Labute approximate surface area is 146 Å². The van der Waals surface area contributed by atoms with Crippen LogP contribution in [0.25, 0.3) is 0 Å². The molecule has 0 atom stereocenters. The summed E-state index contributed by atoms with van der Waals surface area (Å²) < 4.78 is 16.4. The number of benzene rings is 1. The van der Waals surface area contributed by atoms with Crippen LogP contribution in [0.4, 0.5) is 0 Å². The van der Waals surface area contributed by atoms with E-state index < -0.39 is 11.9 Å². The fraction of sp³-hybridized carbons (Fsp3) is 0.500. The Kier molecular flexibility index (Phi) is 9.12. The Hall–Kier alpha value is -2.52. The summed E-state index contributed by atoms with van der Waals surface area (Å²) in [5.41, 5.74) is 0. The number of carbonyl (C=O) groups is 2. The normalized spacial score (nSPS) is 14.0. The van der Waals surface area contributed by atoms with Crippen LogP contribution in [-0.4, -0.2) is 80.6 Å². The van der Waals surface area contributed by atoms with E-state index in [9.17, 15) is 0 Å². The van der Waals surface area contributed by atoms with Gasteiger partial charge in [0.05, 0.1) is 14.2 Å². The topological polar surface area (TPSA) is 118 Å². The Morgan fingerprint density at radius 2 is 1.60 bits per heavy atom. The zero-order valence-corrected chi connectivity index (χ0v) is 14.4. The molecule has 3 N–H and O–H groups in total. The van der Waals surface area contributed by atoms with Crippen molar-refractivity contribution in [3.63, 3.8) is 0 Å². The number of ether oxygens (including phenoxy) is 3. The average molecular weight is 356 g/mol. The standard InChI is InChI=1S/C14H22N2O3.C2H2O4/c1-17-12-4-3-5-13(18-2)14(12)19-11-10-16-8-6-15-7-9-16;3-1(4)2(5)6/h3-5,15H,6-11H2,1-2H3;(H,3,4)(H,5,6). The van der Waals surface area contributed by atoms with Crippen molar-refractivity contribution in [2.24, 2.45) is 0 Å². The first-order chi connectivity index (χ1) is 12.0. The van der Waals surface area contributed by atoms with Gasteiger partial charge in [-0.3, -0.25) is 4.90 Å². The van der Waals surface area contributed by atoms with Gasteiger partial charge in [-0.2, -0.15) is 0 Å². The van der Waals surface area contributed by atoms with Gasteiger partial charge in [0.25, 0.3) is 0 Å². The first-order valence-corrected chi connectivity index (χ1v) is 7.72. The van der Waals surface area contributed by atoms with E-state index in [1.165, 1.54) is 0 Å². The summed E-state index contributed by atoms with van der Waals surface area (Å²) in [5, 5.41) is 18.1. The lowest BCUT2D eigenvalue weighted by atomic mass is 10.3. The quantitative estimate of drug-likeness (QED) is 0.612. The molecule has 1 aromatic rings. The number of aliphatic carboxylic acids is 2. The van der Waals surface area contributed by atoms with Crippen molar-refractivity contribution >= 4 is 11.9 Å². The molecule has 0 spiro atoms. The molecule has 9 nitrogen and oxygen atoms in total. The summed E-state index contributed by atoms with van der Waals surface area (Å²) in [6.45, 7) is 5.81. The molecule has 1 heterocycles. The second kappa shape index (κ2) is 11.1. The molecule has 2 rings (SSSR count). The zero-order chi connectivity index (χ0) is 18.7. The maximum atomic E-state index is 9.10. The first kappa shape index (κ1) is 20.5. The molecule has 0 aliphatic carbocycles. The lowest BCUT2D eigenvalue weighted by Gasteiger charge is -2.27. The van der Waals surface area contributed by atoms with Crippen molar-refractivity contribution < 1.29 is 34.0 Å². The van der Waals surface area contributed by atoms with Gasteiger partial charge in [0, 0.05) is 32.7 Å². The molecule has 1 fully saturated rings. The van der Waals surface area contributed by atoms with Crippen molar-refractivity contribution in [1.29, 1.82) is 0 Å². The van der Waals surface area contributed by atoms with E-state index in [0.29, 0.717) is 23.9 Å². The van der Waals surface area contributed by atoms with Crippen LogP contribution in [0.2, 0.25) is 0 Å². The third kappa shape index (κ3) is 7.27. The predicted molar refractivity (Wildman–Crippen MR) is 89.6 cm³/mol. The number of rotatable bonds is 6. The minimum absolute atomic E-state index is 0.636. The second-order valence-corrected chi connectivity index (χ2v) is 5.04. The van der Waals surface area contributed by atoms with E-state index in [4.69, 9.17) is 34.0 Å². The van der Waals surface area contributed by atoms with Crippen LogP contribution in [0.3, 0.4) is 0 Å². The van der Waals surface area contributed by atoms with E-state index in [-0.39, 0.29) is 0 Å². The maximum Gasteiger partial charge on any atom is 0.414 e. The summed E-state index contributed by atoms with van der Waals surface area (Å²) in [5.74, 6) is -1.55. The minimum Gasteiger partial charge on any atom is -0.493 e. The number of hydrogen-bond donors (Lipinski definition) is 3. The van der Waals surface area contributed by atoms with Crippen LogP contribution in [0.15, 0.2) is 18.2 Å². The fourth-order valence-electron chi connectivity index (χ4n) is 2.17. The van der Waals surface area contributed by atoms with Gasteiger partial charge in [-0.15, -0.1) is 0 Å². The van der Waals surface area contributed by atoms with Gasteiger partial charge in [0.1, 0.15) is 6.61 Å². The number of methoxy groups -OCH3 is 2. The number of carboxylic acid groups (broad SMARTS) is 2. The highest BCUT2D eigenvalue weighted by Gasteiger charge is 2.13. The van der Waals surface area contributed by atoms with Crippen LogP contribution in [0.5, 0.6) is 17.2 Å². The van der Waals surface area contributed by atoms with Gasteiger partial charge in [0.2, 0.25) is 5.75 Å².